The standard InChI is InChI=1S/C13H16N2O5S/c1-20-12-5-9(4-10(6-12)15(18)19)14-2-3-21-8-11(14)7-13(16)17/h4-6,11H,2-3,7-8H2,1H3,(H,16,17). The van der Waals surface area contributed by atoms with E-state index in [0.29, 0.717) is 23.7 Å². The molecule has 1 saturated heterocycles. The molecule has 21 heavy (non-hydrogen) atoms. The predicted molar refractivity (Wildman–Crippen MR) is 80.4 cm³/mol. The molecule has 0 aromatic heterocycles. The first-order valence-corrected chi connectivity index (χ1v) is 7.56. The van der Waals surface area contributed by atoms with Gasteiger partial charge in [-0.1, -0.05) is 0 Å². The Morgan fingerprint density at radius 3 is 2.95 bits per heavy atom. The van der Waals surface area contributed by atoms with E-state index >= 15 is 0 Å². The molecule has 1 unspecified atom stereocenters. The van der Waals surface area contributed by atoms with Gasteiger partial charge < -0.3 is 14.7 Å². The minimum absolute atomic E-state index is 0.0119. The molecule has 2 rings (SSSR count). The predicted octanol–water partition coefficient (Wildman–Crippen LogP) is 2.00. The van der Waals surface area contributed by atoms with E-state index in [1.165, 1.54) is 19.2 Å². The van der Waals surface area contributed by atoms with Gasteiger partial charge in [-0.25, -0.2) is 0 Å². The van der Waals surface area contributed by atoms with E-state index in [1.54, 1.807) is 17.8 Å². The molecule has 1 aliphatic heterocycles. The molecule has 1 aromatic rings. The number of methoxy groups -OCH3 is 1. The van der Waals surface area contributed by atoms with Gasteiger partial charge in [-0.2, -0.15) is 11.8 Å². The fourth-order valence-electron chi connectivity index (χ4n) is 2.32. The van der Waals surface area contributed by atoms with E-state index in [-0.39, 0.29) is 18.2 Å². The first-order chi connectivity index (χ1) is 10.0. The number of rotatable bonds is 5. The summed E-state index contributed by atoms with van der Waals surface area (Å²) < 4.78 is 5.10. The van der Waals surface area contributed by atoms with Crippen LogP contribution in [-0.4, -0.2) is 47.2 Å². The van der Waals surface area contributed by atoms with Gasteiger partial charge >= 0.3 is 5.97 Å². The third-order valence-electron chi connectivity index (χ3n) is 3.29. The molecular weight excluding hydrogens is 296 g/mol. The topological polar surface area (TPSA) is 92.9 Å². The van der Waals surface area contributed by atoms with Crippen molar-refractivity contribution in [3.05, 3.63) is 28.3 Å². The molecule has 0 radical (unpaired) electrons. The van der Waals surface area contributed by atoms with Gasteiger partial charge in [0.2, 0.25) is 0 Å². The number of nitro groups is 1. The third-order valence-corrected chi connectivity index (χ3v) is 4.38. The van der Waals surface area contributed by atoms with Gasteiger partial charge in [-0.15, -0.1) is 0 Å². The van der Waals surface area contributed by atoms with Gasteiger partial charge in [0.25, 0.3) is 5.69 Å². The molecule has 1 heterocycles. The summed E-state index contributed by atoms with van der Waals surface area (Å²) in [5, 5.41) is 20.0. The minimum Gasteiger partial charge on any atom is -0.496 e. The number of hydrogen-bond acceptors (Lipinski definition) is 6. The second-order valence-electron chi connectivity index (χ2n) is 4.67. The van der Waals surface area contributed by atoms with Crippen LogP contribution >= 0.6 is 11.8 Å². The number of ether oxygens (including phenoxy) is 1. The van der Waals surface area contributed by atoms with E-state index in [9.17, 15) is 14.9 Å². The van der Waals surface area contributed by atoms with Gasteiger partial charge in [0.15, 0.2) is 0 Å². The number of anilines is 1. The van der Waals surface area contributed by atoms with Crippen LogP contribution in [-0.2, 0) is 4.79 Å². The Bertz CT molecular complexity index is 551. The summed E-state index contributed by atoms with van der Waals surface area (Å²) in [6.07, 6.45) is 0.0119. The molecule has 8 heteroatoms. The van der Waals surface area contributed by atoms with Crippen LogP contribution in [0, 0.1) is 10.1 Å². The highest BCUT2D eigenvalue weighted by Crippen LogP contribution is 2.32. The Morgan fingerprint density at radius 2 is 2.33 bits per heavy atom. The Labute approximate surface area is 126 Å². The summed E-state index contributed by atoms with van der Waals surface area (Å²) in [5.41, 5.74) is 0.573. The fourth-order valence-corrected chi connectivity index (χ4v) is 3.38. The summed E-state index contributed by atoms with van der Waals surface area (Å²) in [4.78, 5) is 23.4. The molecule has 0 spiro atoms. The number of nitrogens with zero attached hydrogens (tertiary/aromatic N) is 2. The number of thioether (sulfide) groups is 1. The first-order valence-electron chi connectivity index (χ1n) is 6.41. The zero-order chi connectivity index (χ0) is 15.4. The van der Waals surface area contributed by atoms with Crippen LogP contribution in [0.15, 0.2) is 18.2 Å². The van der Waals surface area contributed by atoms with Gasteiger partial charge in [-0.3, -0.25) is 14.9 Å². The smallest absolute Gasteiger partial charge is 0.305 e. The van der Waals surface area contributed by atoms with Crippen LogP contribution in [0.2, 0.25) is 0 Å². The molecule has 0 saturated carbocycles. The van der Waals surface area contributed by atoms with E-state index in [1.807, 2.05) is 4.90 Å². The molecular formula is C13H16N2O5S. The molecule has 0 amide bonds. The van der Waals surface area contributed by atoms with Crippen molar-refractivity contribution in [2.45, 2.75) is 12.5 Å². The van der Waals surface area contributed by atoms with Gasteiger partial charge in [0.05, 0.1) is 24.5 Å². The average Bonchev–Trinajstić information content (AvgIpc) is 2.46. The number of aliphatic carboxylic acids is 1. The lowest BCUT2D eigenvalue weighted by molar-refractivity contribution is -0.384. The summed E-state index contributed by atoms with van der Waals surface area (Å²) in [7, 11) is 1.45. The van der Waals surface area contributed by atoms with E-state index < -0.39 is 10.9 Å². The molecule has 1 aliphatic rings. The van der Waals surface area contributed by atoms with E-state index in [0.717, 1.165) is 5.75 Å². The molecule has 1 aromatic carbocycles. The number of carboxylic acids is 1. The number of hydrogen-bond donors (Lipinski definition) is 1. The van der Waals surface area contributed by atoms with Crippen LogP contribution in [0.4, 0.5) is 11.4 Å². The maximum atomic E-state index is 11.0. The van der Waals surface area contributed by atoms with Crippen molar-refractivity contribution in [2.75, 3.05) is 30.1 Å². The molecule has 0 bridgehead atoms. The van der Waals surface area contributed by atoms with Crippen molar-refractivity contribution in [3.63, 3.8) is 0 Å². The molecule has 114 valence electrons. The summed E-state index contributed by atoms with van der Waals surface area (Å²) in [5.74, 6) is 1.08. The SMILES string of the molecule is COc1cc(N2CCSCC2CC(=O)O)cc([N+](=O)[O-])c1. The highest BCUT2D eigenvalue weighted by Gasteiger charge is 2.27. The van der Waals surface area contributed by atoms with Crippen LogP contribution in [0.5, 0.6) is 5.75 Å². The second kappa shape index (κ2) is 6.66. The highest BCUT2D eigenvalue weighted by atomic mass is 32.2. The zero-order valence-corrected chi connectivity index (χ0v) is 12.3. The van der Waals surface area contributed by atoms with E-state index in [4.69, 9.17) is 9.84 Å². The largest absolute Gasteiger partial charge is 0.496 e. The van der Waals surface area contributed by atoms with Gasteiger partial charge in [-0.05, 0) is 0 Å². The first kappa shape index (κ1) is 15.4. The maximum absolute atomic E-state index is 11.0. The Morgan fingerprint density at radius 1 is 1.57 bits per heavy atom. The van der Waals surface area contributed by atoms with Crippen molar-refractivity contribution in [1.82, 2.24) is 0 Å². The van der Waals surface area contributed by atoms with Gasteiger partial charge in [0, 0.05) is 41.9 Å². The third kappa shape index (κ3) is 3.78. The molecule has 1 atom stereocenters. The zero-order valence-electron chi connectivity index (χ0n) is 11.5. The van der Waals surface area contributed by atoms with Crippen molar-refractivity contribution >= 4 is 29.1 Å². The number of benzene rings is 1. The van der Waals surface area contributed by atoms with E-state index in [2.05, 4.69) is 0 Å². The number of carbonyl (C=O) groups is 1. The Kier molecular flexibility index (Phi) is 4.89. The maximum Gasteiger partial charge on any atom is 0.305 e. The van der Waals surface area contributed by atoms with Gasteiger partial charge in [0.1, 0.15) is 5.75 Å². The highest BCUT2D eigenvalue weighted by molar-refractivity contribution is 7.99. The number of carboxylic acid groups (broad SMARTS) is 1. The van der Waals surface area contributed by atoms with Crippen LogP contribution < -0.4 is 9.64 Å². The van der Waals surface area contributed by atoms with Crippen molar-refractivity contribution < 1.29 is 19.6 Å². The number of non-ortho nitro benzene ring substituents is 1. The van der Waals surface area contributed by atoms with Crippen LogP contribution in [0.25, 0.3) is 0 Å². The van der Waals surface area contributed by atoms with Crippen molar-refractivity contribution in [3.8, 4) is 5.75 Å². The summed E-state index contributed by atoms with van der Waals surface area (Å²) in [6.45, 7) is 0.660. The summed E-state index contributed by atoms with van der Waals surface area (Å²) in [6, 6.07) is 4.35. The Hall–Kier alpha value is -1.96. The lowest BCUT2D eigenvalue weighted by Crippen LogP contribution is -2.43. The molecule has 1 fully saturated rings. The molecule has 0 aliphatic carbocycles. The molecule has 7 nitrogen and oxygen atoms in total. The molecule has 1 N–H and O–H groups in total. The van der Waals surface area contributed by atoms with Crippen molar-refractivity contribution in [2.24, 2.45) is 0 Å². The van der Waals surface area contributed by atoms with Crippen molar-refractivity contribution in [1.29, 1.82) is 0 Å². The monoisotopic (exact) mass is 312 g/mol. The lowest BCUT2D eigenvalue weighted by atomic mass is 10.1. The van der Waals surface area contributed by atoms with Crippen LogP contribution in [0.1, 0.15) is 6.42 Å². The summed E-state index contributed by atoms with van der Waals surface area (Å²) >= 11 is 1.69. The second-order valence-corrected chi connectivity index (χ2v) is 5.82. The van der Waals surface area contributed by atoms with Crippen LogP contribution in [0.3, 0.4) is 0 Å². The normalized spacial score (nSPS) is 18.3. The fraction of sp³-hybridized carbons (Fsp3) is 0.462. The minimum atomic E-state index is -0.870. The lowest BCUT2D eigenvalue weighted by Gasteiger charge is -2.36. The average molecular weight is 312 g/mol. The Balaban J connectivity index is 2.35. The quantitative estimate of drug-likeness (QED) is 0.656. The number of nitro benzene ring substituents is 1.